The molecule has 1 N–H and O–H groups in total. The molecule has 0 bridgehead atoms. The van der Waals surface area contributed by atoms with Gasteiger partial charge in [-0.25, -0.2) is 0 Å². The van der Waals surface area contributed by atoms with E-state index < -0.39 is 19.1 Å². The van der Waals surface area contributed by atoms with Crippen molar-refractivity contribution in [3.8, 4) is 0 Å². The van der Waals surface area contributed by atoms with Gasteiger partial charge in [0.2, 0.25) is 0 Å². The average Bonchev–Trinajstić information content (AvgIpc) is 2.52. The van der Waals surface area contributed by atoms with Crippen LogP contribution in [0, 0.1) is 0 Å². The summed E-state index contributed by atoms with van der Waals surface area (Å²) in [5.41, 5.74) is 0. The molecule has 0 unspecified atom stereocenters. The summed E-state index contributed by atoms with van der Waals surface area (Å²) < 4.78 is 17.0. The number of rotatable bonds is 16. The van der Waals surface area contributed by atoms with Gasteiger partial charge < -0.3 is 5.11 Å². The van der Waals surface area contributed by atoms with Crippen molar-refractivity contribution in [1.29, 1.82) is 0 Å². The molecule has 22 heavy (non-hydrogen) atoms. The van der Waals surface area contributed by atoms with E-state index in [0.717, 1.165) is 6.42 Å². The van der Waals surface area contributed by atoms with Gasteiger partial charge in [-0.05, 0) is 6.42 Å². The van der Waals surface area contributed by atoms with E-state index in [4.69, 9.17) is 11.8 Å². The number of aliphatic hydroxyl groups excluding tert-OH is 1. The van der Waals surface area contributed by atoms with Crippen LogP contribution in [-0.2, 0) is 25.7 Å². The molecule has 0 aromatic heterocycles. The van der Waals surface area contributed by atoms with Crippen LogP contribution in [0.4, 0.5) is 0 Å². The van der Waals surface area contributed by atoms with E-state index in [0.29, 0.717) is 6.61 Å². The molecule has 0 rings (SSSR count). The second kappa shape index (κ2) is 26.2. The number of hydrogen-bond donors (Lipinski definition) is 1. The summed E-state index contributed by atoms with van der Waals surface area (Å²) in [6.07, 6.45) is 22.2. The Morgan fingerprint density at radius 2 is 0.773 bits per heavy atom. The molecule has 3 nitrogen and oxygen atoms in total. The van der Waals surface area contributed by atoms with E-state index in [1.165, 1.54) is 96.3 Å². The first kappa shape index (κ1) is 24.5. The molecule has 0 spiro atoms. The van der Waals surface area contributed by atoms with E-state index in [1.54, 1.807) is 0 Å². The Balaban J connectivity index is 0. The summed E-state index contributed by atoms with van der Waals surface area (Å²) >= 11 is -2.00. The molecule has 0 amide bonds. The first-order valence-electron chi connectivity index (χ1n) is 9.43. The van der Waals surface area contributed by atoms with E-state index in [2.05, 4.69) is 6.92 Å². The third-order valence-corrected chi connectivity index (χ3v) is 4.01. The number of hydrogen-bond acceptors (Lipinski definition) is 3. The Morgan fingerprint density at radius 1 is 0.545 bits per heavy atom. The van der Waals surface area contributed by atoms with Crippen LogP contribution in [0.1, 0.15) is 110 Å². The maximum absolute atomic E-state index is 8.67. The molecular formula is C18H38O3Ti. The van der Waals surface area contributed by atoms with Gasteiger partial charge in [0, 0.05) is 6.61 Å². The molecule has 0 aromatic rings. The van der Waals surface area contributed by atoms with Crippen LogP contribution in [0.2, 0.25) is 0 Å². The van der Waals surface area contributed by atoms with Crippen LogP contribution in [0.15, 0.2) is 0 Å². The van der Waals surface area contributed by atoms with Gasteiger partial charge in [0.25, 0.3) is 0 Å². The molecule has 0 aliphatic carbocycles. The Hall–Kier alpha value is 0.274. The Bertz CT molecular complexity index is 200. The molecule has 0 aliphatic rings. The standard InChI is InChI=1S/C18H38O.2O.Ti/c1-2-3-4-5-6-7-8-9-10-11-12-13-14-15-16-17-18-19;;;/h19H,2-18H2,1H3;;;. The monoisotopic (exact) mass is 350 g/mol. The van der Waals surface area contributed by atoms with E-state index >= 15 is 0 Å². The molecule has 0 radical (unpaired) electrons. The molecule has 0 aromatic carbocycles. The van der Waals surface area contributed by atoms with Gasteiger partial charge >= 0.3 is 25.7 Å². The first-order valence-corrected chi connectivity index (χ1v) is 10.7. The van der Waals surface area contributed by atoms with Crippen molar-refractivity contribution in [3.05, 3.63) is 0 Å². The molecular weight excluding hydrogens is 312 g/mol. The molecule has 0 saturated heterocycles. The van der Waals surface area contributed by atoms with Crippen LogP contribution in [-0.4, -0.2) is 11.7 Å². The van der Waals surface area contributed by atoms with Crippen LogP contribution in [0.3, 0.4) is 0 Å². The zero-order valence-electron chi connectivity index (χ0n) is 14.8. The molecule has 0 atom stereocenters. The summed E-state index contributed by atoms with van der Waals surface area (Å²) in [6, 6.07) is 0. The Kier molecular flexibility index (Phi) is 29.2. The third-order valence-electron chi connectivity index (χ3n) is 4.01. The van der Waals surface area contributed by atoms with Crippen molar-refractivity contribution in [2.45, 2.75) is 110 Å². The summed E-state index contributed by atoms with van der Waals surface area (Å²) in [7, 11) is 0. The van der Waals surface area contributed by atoms with Crippen LogP contribution in [0.25, 0.3) is 0 Å². The van der Waals surface area contributed by atoms with Crippen LogP contribution in [0.5, 0.6) is 0 Å². The summed E-state index contributed by atoms with van der Waals surface area (Å²) in [5.74, 6) is 0. The minimum absolute atomic E-state index is 0.373. The Morgan fingerprint density at radius 3 is 1.00 bits per heavy atom. The quantitative estimate of drug-likeness (QED) is 0.274. The van der Waals surface area contributed by atoms with Crippen molar-refractivity contribution in [3.63, 3.8) is 0 Å². The van der Waals surface area contributed by atoms with Crippen molar-refractivity contribution in [1.82, 2.24) is 0 Å². The number of aliphatic hydroxyl groups is 1. The maximum atomic E-state index is 8.67. The van der Waals surface area contributed by atoms with Gasteiger partial charge in [0.1, 0.15) is 0 Å². The normalized spacial score (nSPS) is 9.91. The fourth-order valence-electron chi connectivity index (χ4n) is 2.66. The number of unbranched alkanes of at least 4 members (excludes halogenated alkanes) is 15. The predicted molar refractivity (Wildman–Crippen MR) is 88.0 cm³/mol. The van der Waals surface area contributed by atoms with E-state index in [-0.39, 0.29) is 0 Å². The SMILES string of the molecule is CCCCCCCCCCCCCCCCCCO.[O]=[Ti]=[O]. The van der Waals surface area contributed by atoms with Crippen molar-refractivity contribution in [2.75, 3.05) is 6.61 Å². The molecule has 0 heterocycles. The second-order valence-electron chi connectivity index (χ2n) is 6.11. The summed E-state index contributed by atoms with van der Waals surface area (Å²) in [6.45, 7) is 2.66. The topological polar surface area (TPSA) is 54.4 Å². The van der Waals surface area contributed by atoms with Crippen molar-refractivity contribution < 1.29 is 30.8 Å². The zero-order chi connectivity index (χ0) is 16.7. The molecule has 0 saturated carbocycles. The average molecular weight is 350 g/mol. The summed E-state index contributed by atoms with van der Waals surface area (Å²) in [4.78, 5) is 0. The molecule has 4 heteroatoms. The Labute approximate surface area is 147 Å². The van der Waals surface area contributed by atoms with E-state index in [9.17, 15) is 0 Å². The summed E-state index contributed by atoms with van der Waals surface area (Å²) in [5, 5.41) is 8.67. The fraction of sp³-hybridized carbons (Fsp3) is 1.00. The molecule has 0 fully saturated rings. The van der Waals surface area contributed by atoms with Crippen LogP contribution < -0.4 is 0 Å². The fourth-order valence-corrected chi connectivity index (χ4v) is 2.66. The van der Waals surface area contributed by atoms with Gasteiger partial charge in [0.15, 0.2) is 0 Å². The van der Waals surface area contributed by atoms with Crippen LogP contribution >= 0.6 is 0 Å². The molecule has 132 valence electrons. The third kappa shape index (κ3) is 28.4. The van der Waals surface area contributed by atoms with Gasteiger partial charge in [-0.2, -0.15) is 0 Å². The minimum atomic E-state index is -2.00. The van der Waals surface area contributed by atoms with Gasteiger partial charge in [-0.1, -0.05) is 103 Å². The van der Waals surface area contributed by atoms with Crippen molar-refractivity contribution >= 4 is 0 Å². The van der Waals surface area contributed by atoms with Crippen molar-refractivity contribution in [2.24, 2.45) is 0 Å². The molecule has 0 aliphatic heterocycles. The first-order chi connectivity index (χ1) is 10.8. The van der Waals surface area contributed by atoms with Gasteiger partial charge in [-0.15, -0.1) is 0 Å². The van der Waals surface area contributed by atoms with E-state index in [1.807, 2.05) is 0 Å². The predicted octanol–water partition coefficient (Wildman–Crippen LogP) is 6.00. The zero-order valence-corrected chi connectivity index (χ0v) is 16.3. The van der Waals surface area contributed by atoms with Gasteiger partial charge in [-0.3, -0.25) is 0 Å². The van der Waals surface area contributed by atoms with Gasteiger partial charge in [0.05, 0.1) is 0 Å². The second-order valence-corrected chi connectivity index (χ2v) is 6.37.